The summed E-state index contributed by atoms with van der Waals surface area (Å²) in [5.74, 6) is 0. The van der Waals surface area contributed by atoms with E-state index >= 15 is 0 Å². The summed E-state index contributed by atoms with van der Waals surface area (Å²) in [4.78, 5) is 1.20. The fraction of sp³-hybridized carbons (Fsp3) is 0.250. The molecule has 0 saturated heterocycles. The Bertz CT molecular complexity index is 595. The Hall–Kier alpha value is -0.960. The number of aryl methyl sites for hydroxylation is 2. The lowest BCUT2D eigenvalue weighted by Gasteiger charge is -2.18. The fourth-order valence-electron chi connectivity index (χ4n) is 2.13. The summed E-state index contributed by atoms with van der Waals surface area (Å²) in [7, 11) is 0. The molecular weight excluding hydrogens is 274 g/mol. The van der Waals surface area contributed by atoms with Crippen LogP contribution < -0.4 is 5.73 Å². The van der Waals surface area contributed by atoms with E-state index in [1.807, 2.05) is 18.2 Å². The van der Waals surface area contributed by atoms with E-state index in [1.54, 1.807) is 11.8 Å². The highest BCUT2D eigenvalue weighted by Crippen LogP contribution is 2.33. The first-order valence-electron chi connectivity index (χ1n) is 6.19. The van der Waals surface area contributed by atoms with Crippen LogP contribution in [0.3, 0.4) is 0 Å². The largest absolute Gasteiger partial charge is 0.320 e. The van der Waals surface area contributed by atoms with Crippen molar-refractivity contribution < 1.29 is 0 Å². The summed E-state index contributed by atoms with van der Waals surface area (Å²) >= 11 is 8.06. The molecule has 0 radical (unpaired) electrons. The molecule has 2 N–H and O–H groups in total. The van der Waals surface area contributed by atoms with Gasteiger partial charge in [0.05, 0.1) is 6.04 Å². The zero-order valence-electron chi connectivity index (χ0n) is 11.4. The third-order valence-corrected chi connectivity index (χ3v) is 4.56. The molecule has 2 rings (SSSR count). The van der Waals surface area contributed by atoms with Crippen LogP contribution in [0.5, 0.6) is 0 Å². The van der Waals surface area contributed by atoms with Gasteiger partial charge in [-0.05, 0) is 54.5 Å². The molecular formula is C16H18ClNS. The van der Waals surface area contributed by atoms with Crippen LogP contribution in [-0.4, -0.2) is 6.26 Å². The Morgan fingerprint density at radius 1 is 1.05 bits per heavy atom. The highest BCUT2D eigenvalue weighted by atomic mass is 35.5. The van der Waals surface area contributed by atoms with Gasteiger partial charge in [0, 0.05) is 9.92 Å². The molecule has 100 valence electrons. The summed E-state index contributed by atoms with van der Waals surface area (Å²) < 4.78 is 0. The highest BCUT2D eigenvalue weighted by Gasteiger charge is 2.16. The van der Waals surface area contributed by atoms with Crippen molar-refractivity contribution in [2.45, 2.75) is 24.8 Å². The maximum atomic E-state index is 6.41. The standard InChI is InChI=1S/C16H18ClNS/c1-10-8-13(14(17)9-11(10)2)16(18)12-6-4-5-7-15(12)19-3/h4-9,16H,18H2,1-3H3. The first kappa shape index (κ1) is 14.4. The normalized spacial score (nSPS) is 12.5. The van der Waals surface area contributed by atoms with Crippen molar-refractivity contribution in [3.63, 3.8) is 0 Å². The molecule has 1 nitrogen and oxygen atoms in total. The quantitative estimate of drug-likeness (QED) is 0.828. The number of benzene rings is 2. The zero-order chi connectivity index (χ0) is 14.0. The van der Waals surface area contributed by atoms with Gasteiger partial charge in [-0.15, -0.1) is 11.8 Å². The Labute approximate surface area is 124 Å². The van der Waals surface area contributed by atoms with Crippen LogP contribution in [0.4, 0.5) is 0 Å². The summed E-state index contributed by atoms with van der Waals surface area (Å²) in [6.07, 6.45) is 2.06. The predicted molar refractivity (Wildman–Crippen MR) is 85.2 cm³/mol. The third kappa shape index (κ3) is 2.97. The molecule has 0 saturated carbocycles. The van der Waals surface area contributed by atoms with Crippen LogP contribution in [0.1, 0.15) is 28.3 Å². The second-order valence-electron chi connectivity index (χ2n) is 4.68. The van der Waals surface area contributed by atoms with E-state index in [9.17, 15) is 0 Å². The van der Waals surface area contributed by atoms with Crippen molar-refractivity contribution in [3.8, 4) is 0 Å². The van der Waals surface area contributed by atoms with Crippen molar-refractivity contribution in [1.29, 1.82) is 0 Å². The minimum absolute atomic E-state index is 0.185. The molecule has 0 aliphatic heterocycles. The maximum absolute atomic E-state index is 6.41. The van der Waals surface area contributed by atoms with Crippen LogP contribution in [-0.2, 0) is 0 Å². The van der Waals surface area contributed by atoms with Gasteiger partial charge in [-0.3, -0.25) is 0 Å². The summed E-state index contributed by atoms with van der Waals surface area (Å²) in [5.41, 5.74) is 10.9. The summed E-state index contributed by atoms with van der Waals surface area (Å²) in [6.45, 7) is 4.15. The van der Waals surface area contributed by atoms with Crippen molar-refractivity contribution in [1.82, 2.24) is 0 Å². The molecule has 0 spiro atoms. The number of rotatable bonds is 3. The minimum atomic E-state index is -0.185. The lowest BCUT2D eigenvalue weighted by Crippen LogP contribution is -2.14. The molecule has 1 atom stereocenters. The van der Waals surface area contributed by atoms with E-state index < -0.39 is 0 Å². The zero-order valence-corrected chi connectivity index (χ0v) is 13.0. The Balaban J connectivity index is 2.50. The van der Waals surface area contributed by atoms with Crippen LogP contribution in [0.2, 0.25) is 5.02 Å². The van der Waals surface area contributed by atoms with Gasteiger partial charge < -0.3 is 5.73 Å². The fourth-order valence-corrected chi connectivity index (χ4v) is 3.11. The van der Waals surface area contributed by atoms with Gasteiger partial charge >= 0.3 is 0 Å². The molecule has 0 fully saturated rings. The van der Waals surface area contributed by atoms with Crippen molar-refractivity contribution in [2.75, 3.05) is 6.26 Å². The molecule has 3 heteroatoms. The molecule has 2 aromatic rings. The van der Waals surface area contributed by atoms with Crippen LogP contribution in [0.15, 0.2) is 41.3 Å². The van der Waals surface area contributed by atoms with Gasteiger partial charge in [-0.2, -0.15) is 0 Å². The topological polar surface area (TPSA) is 26.0 Å². The van der Waals surface area contributed by atoms with Crippen LogP contribution in [0.25, 0.3) is 0 Å². The number of hydrogen-bond acceptors (Lipinski definition) is 2. The molecule has 0 aromatic heterocycles. The first-order chi connectivity index (χ1) is 9.04. The van der Waals surface area contributed by atoms with Gasteiger partial charge in [0.25, 0.3) is 0 Å². The predicted octanol–water partition coefficient (Wildman–Crippen LogP) is 4.73. The summed E-state index contributed by atoms with van der Waals surface area (Å²) in [5, 5.41) is 0.742. The molecule has 19 heavy (non-hydrogen) atoms. The van der Waals surface area contributed by atoms with Crippen molar-refractivity contribution >= 4 is 23.4 Å². The first-order valence-corrected chi connectivity index (χ1v) is 7.80. The number of nitrogens with two attached hydrogens (primary N) is 1. The van der Waals surface area contributed by atoms with E-state index in [4.69, 9.17) is 17.3 Å². The molecule has 0 aliphatic carbocycles. The van der Waals surface area contributed by atoms with Gasteiger partial charge in [-0.1, -0.05) is 35.9 Å². The number of hydrogen-bond donors (Lipinski definition) is 1. The molecule has 1 unspecified atom stereocenters. The second kappa shape index (κ2) is 6.00. The average Bonchev–Trinajstić information content (AvgIpc) is 2.42. The van der Waals surface area contributed by atoms with E-state index in [0.29, 0.717) is 0 Å². The molecule has 0 aliphatic rings. The van der Waals surface area contributed by atoms with Crippen LogP contribution in [0, 0.1) is 13.8 Å². The van der Waals surface area contributed by atoms with Crippen molar-refractivity contribution in [3.05, 3.63) is 63.7 Å². The third-order valence-electron chi connectivity index (χ3n) is 3.42. The van der Waals surface area contributed by atoms with E-state index in [2.05, 4.69) is 38.3 Å². The monoisotopic (exact) mass is 291 g/mol. The van der Waals surface area contributed by atoms with Gasteiger partial charge in [0.2, 0.25) is 0 Å². The van der Waals surface area contributed by atoms with Gasteiger partial charge in [-0.25, -0.2) is 0 Å². The molecule has 0 amide bonds. The maximum Gasteiger partial charge on any atom is 0.0577 e. The highest BCUT2D eigenvalue weighted by molar-refractivity contribution is 7.98. The van der Waals surface area contributed by atoms with Gasteiger partial charge in [0.15, 0.2) is 0 Å². The molecule has 2 aromatic carbocycles. The minimum Gasteiger partial charge on any atom is -0.320 e. The number of thioether (sulfide) groups is 1. The van der Waals surface area contributed by atoms with Crippen LogP contribution >= 0.6 is 23.4 Å². The lowest BCUT2D eigenvalue weighted by atomic mass is 9.96. The molecule has 0 heterocycles. The molecule has 0 bridgehead atoms. The number of halogens is 1. The Morgan fingerprint density at radius 2 is 1.68 bits per heavy atom. The second-order valence-corrected chi connectivity index (χ2v) is 5.93. The van der Waals surface area contributed by atoms with E-state index in [0.717, 1.165) is 16.1 Å². The van der Waals surface area contributed by atoms with Crippen molar-refractivity contribution in [2.24, 2.45) is 5.73 Å². The lowest BCUT2D eigenvalue weighted by molar-refractivity contribution is 0.846. The SMILES string of the molecule is CSc1ccccc1C(N)c1cc(C)c(C)cc1Cl. The average molecular weight is 292 g/mol. The van der Waals surface area contributed by atoms with E-state index in [1.165, 1.54) is 16.0 Å². The van der Waals surface area contributed by atoms with E-state index in [-0.39, 0.29) is 6.04 Å². The summed E-state index contributed by atoms with van der Waals surface area (Å²) in [6, 6.07) is 12.1. The Kier molecular flexibility index (Phi) is 4.56. The Morgan fingerprint density at radius 3 is 2.37 bits per heavy atom. The smallest absolute Gasteiger partial charge is 0.0577 e. The van der Waals surface area contributed by atoms with Gasteiger partial charge in [0.1, 0.15) is 0 Å².